The van der Waals surface area contributed by atoms with Crippen LogP contribution in [-0.4, -0.2) is 31.7 Å². The summed E-state index contributed by atoms with van der Waals surface area (Å²) in [6.45, 7) is 10.1. The second-order valence-electron chi connectivity index (χ2n) is 4.76. The minimum Gasteiger partial charge on any atom is -0.291 e. The molecule has 1 unspecified atom stereocenters. The Bertz CT molecular complexity index is 545. The van der Waals surface area contributed by atoms with Crippen molar-refractivity contribution >= 4 is 11.3 Å². The highest BCUT2D eigenvalue weighted by molar-refractivity contribution is 7.11. The number of aryl methyl sites for hydroxylation is 3. The van der Waals surface area contributed by atoms with E-state index in [9.17, 15) is 0 Å². The van der Waals surface area contributed by atoms with Crippen LogP contribution in [0.5, 0.6) is 0 Å². The summed E-state index contributed by atoms with van der Waals surface area (Å²) in [6, 6.07) is 0.284. The predicted molar refractivity (Wildman–Crippen MR) is 77.2 cm³/mol. The third-order valence-corrected chi connectivity index (χ3v) is 4.28. The molecule has 2 heterocycles. The van der Waals surface area contributed by atoms with E-state index in [1.165, 1.54) is 10.6 Å². The maximum absolute atomic E-state index is 4.64. The highest BCUT2D eigenvalue weighted by atomic mass is 32.1. The molecule has 0 amide bonds. The minimum absolute atomic E-state index is 0.284. The van der Waals surface area contributed by atoms with Crippen molar-refractivity contribution in [2.24, 2.45) is 0 Å². The van der Waals surface area contributed by atoms with Crippen molar-refractivity contribution in [1.82, 2.24) is 24.6 Å². The first kappa shape index (κ1) is 14.1. The van der Waals surface area contributed by atoms with Crippen molar-refractivity contribution in [3.05, 3.63) is 27.7 Å². The Morgan fingerprint density at radius 2 is 2.16 bits per heavy atom. The molecule has 0 aliphatic rings. The summed E-state index contributed by atoms with van der Waals surface area (Å²) < 4.78 is 1.93. The van der Waals surface area contributed by atoms with Gasteiger partial charge in [0.2, 0.25) is 0 Å². The zero-order valence-electron chi connectivity index (χ0n) is 12.2. The quantitative estimate of drug-likeness (QED) is 0.844. The van der Waals surface area contributed by atoms with E-state index in [4.69, 9.17) is 0 Å². The van der Waals surface area contributed by atoms with Gasteiger partial charge in [0.1, 0.15) is 12.2 Å². The minimum atomic E-state index is 0.284. The number of aromatic nitrogens is 4. The van der Waals surface area contributed by atoms with Crippen LogP contribution in [-0.2, 0) is 13.1 Å². The van der Waals surface area contributed by atoms with Gasteiger partial charge < -0.3 is 0 Å². The van der Waals surface area contributed by atoms with E-state index in [-0.39, 0.29) is 6.04 Å². The molecule has 5 nitrogen and oxygen atoms in total. The van der Waals surface area contributed by atoms with Gasteiger partial charge in [-0.2, -0.15) is 5.10 Å². The molecule has 6 heteroatoms. The van der Waals surface area contributed by atoms with E-state index >= 15 is 0 Å². The highest BCUT2D eigenvalue weighted by Crippen LogP contribution is 2.26. The van der Waals surface area contributed by atoms with Gasteiger partial charge in [0.05, 0.1) is 23.3 Å². The molecule has 2 rings (SSSR count). The Labute approximate surface area is 118 Å². The molecule has 0 bridgehead atoms. The summed E-state index contributed by atoms with van der Waals surface area (Å²) in [5.74, 6) is 1.00. The average Bonchev–Trinajstić information content (AvgIpc) is 2.94. The molecule has 104 valence electrons. The summed E-state index contributed by atoms with van der Waals surface area (Å²) in [4.78, 5) is 12.5. The second-order valence-corrected chi connectivity index (χ2v) is 6.16. The lowest BCUT2D eigenvalue weighted by Crippen LogP contribution is -2.24. The Morgan fingerprint density at radius 3 is 2.74 bits per heavy atom. The van der Waals surface area contributed by atoms with Crippen LogP contribution in [0.3, 0.4) is 0 Å². The molecule has 0 saturated carbocycles. The Morgan fingerprint density at radius 1 is 1.42 bits per heavy atom. The van der Waals surface area contributed by atoms with Gasteiger partial charge in [-0.25, -0.2) is 14.6 Å². The molecule has 2 aromatic heterocycles. The van der Waals surface area contributed by atoms with E-state index in [2.05, 4.69) is 54.7 Å². The summed E-state index contributed by atoms with van der Waals surface area (Å²) in [5, 5.41) is 5.34. The molecule has 0 aromatic carbocycles. The Kier molecular flexibility index (Phi) is 4.31. The van der Waals surface area contributed by atoms with Crippen LogP contribution in [0.15, 0.2) is 6.33 Å². The van der Waals surface area contributed by atoms with Gasteiger partial charge in [0, 0.05) is 11.4 Å². The third-order valence-electron chi connectivity index (χ3n) is 3.38. The fourth-order valence-corrected chi connectivity index (χ4v) is 3.08. The largest absolute Gasteiger partial charge is 0.291 e. The van der Waals surface area contributed by atoms with Gasteiger partial charge in [-0.3, -0.25) is 4.90 Å². The van der Waals surface area contributed by atoms with E-state index in [0.29, 0.717) is 0 Å². The Balaban J connectivity index is 2.11. The normalized spacial score (nSPS) is 13.2. The monoisotopic (exact) mass is 279 g/mol. The molecular formula is C13H21N5S. The molecule has 0 N–H and O–H groups in total. The smallest absolute Gasteiger partial charge is 0.141 e. The molecule has 0 saturated heterocycles. The fraction of sp³-hybridized carbons (Fsp3) is 0.615. The van der Waals surface area contributed by atoms with E-state index in [1.807, 2.05) is 4.68 Å². The number of nitrogens with zero attached hydrogens (tertiary/aromatic N) is 5. The maximum atomic E-state index is 4.64. The summed E-state index contributed by atoms with van der Waals surface area (Å²) >= 11 is 1.76. The first-order valence-electron chi connectivity index (χ1n) is 6.53. The van der Waals surface area contributed by atoms with Gasteiger partial charge in [-0.05, 0) is 34.7 Å². The zero-order chi connectivity index (χ0) is 14.0. The van der Waals surface area contributed by atoms with E-state index in [1.54, 1.807) is 17.7 Å². The fourth-order valence-electron chi connectivity index (χ4n) is 2.18. The molecule has 1 atom stereocenters. The first-order valence-corrected chi connectivity index (χ1v) is 7.35. The van der Waals surface area contributed by atoms with Gasteiger partial charge in [-0.15, -0.1) is 11.3 Å². The lowest BCUT2D eigenvalue weighted by molar-refractivity contribution is 0.238. The van der Waals surface area contributed by atoms with Crippen molar-refractivity contribution in [2.75, 3.05) is 7.05 Å². The van der Waals surface area contributed by atoms with Crippen LogP contribution in [0.25, 0.3) is 0 Å². The second kappa shape index (κ2) is 5.79. The molecule has 19 heavy (non-hydrogen) atoms. The lowest BCUT2D eigenvalue weighted by atomic mass is 10.2. The molecule has 0 radical (unpaired) electrons. The van der Waals surface area contributed by atoms with Crippen LogP contribution in [0, 0.1) is 13.8 Å². The zero-order valence-corrected chi connectivity index (χ0v) is 13.0. The van der Waals surface area contributed by atoms with Crippen molar-refractivity contribution in [3.8, 4) is 0 Å². The summed E-state index contributed by atoms with van der Waals surface area (Å²) in [5.41, 5.74) is 1.17. The van der Waals surface area contributed by atoms with E-state index in [0.717, 1.165) is 23.9 Å². The predicted octanol–water partition coefficient (Wildman–Crippen LogP) is 2.56. The van der Waals surface area contributed by atoms with Crippen molar-refractivity contribution in [2.45, 2.75) is 46.8 Å². The van der Waals surface area contributed by atoms with Gasteiger partial charge in [-0.1, -0.05) is 0 Å². The Hall–Kier alpha value is -1.27. The van der Waals surface area contributed by atoms with Gasteiger partial charge in [0.15, 0.2) is 0 Å². The third kappa shape index (κ3) is 3.01. The average molecular weight is 279 g/mol. The topological polar surface area (TPSA) is 46.8 Å². The summed E-state index contributed by atoms with van der Waals surface area (Å²) in [6.07, 6.45) is 1.62. The van der Waals surface area contributed by atoms with Crippen LogP contribution < -0.4 is 0 Å². The molecule has 0 fully saturated rings. The highest BCUT2D eigenvalue weighted by Gasteiger charge is 2.19. The summed E-state index contributed by atoms with van der Waals surface area (Å²) in [7, 11) is 2.10. The van der Waals surface area contributed by atoms with Crippen molar-refractivity contribution in [3.63, 3.8) is 0 Å². The van der Waals surface area contributed by atoms with Crippen LogP contribution >= 0.6 is 11.3 Å². The van der Waals surface area contributed by atoms with Crippen LogP contribution in [0.1, 0.15) is 41.3 Å². The van der Waals surface area contributed by atoms with Gasteiger partial charge >= 0.3 is 0 Å². The van der Waals surface area contributed by atoms with Crippen molar-refractivity contribution < 1.29 is 0 Å². The number of hydrogen-bond acceptors (Lipinski definition) is 5. The first-order chi connectivity index (χ1) is 9.02. The standard InChI is InChI=1S/C13H21N5S/c1-6-18-12(14-8-15-18)7-17(5)9(2)13-10(3)19-11(4)16-13/h8-9H,6-7H2,1-5H3. The van der Waals surface area contributed by atoms with Crippen LogP contribution in [0.4, 0.5) is 0 Å². The number of hydrogen-bond donors (Lipinski definition) is 0. The number of thiazole rings is 1. The SMILES string of the molecule is CCn1ncnc1CN(C)C(C)c1nc(C)sc1C. The molecular weight excluding hydrogens is 258 g/mol. The van der Waals surface area contributed by atoms with Crippen LogP contribution in [0.2, 0.25) is 0 Å². The van der Waals surface area contributed by atoms with Gasteiger partial charge in [0.25, 0.3) is 0 Å². The molecule has 0 aliphatic carbocycles. The number of rotatable bonds is 5. The maximum Gasteiger partial charge on any atom is 0.141 e. The van der Waals surface area contributed by atoms with Crippen molar-refractivity contribution in [1.29, 1.82) is 0 Å². The lowest BCUT2D eigenvalue weighted by Gasteiger charge is -2.23. The molecule has 0 aliphatic heterocycles. The molecule has 0 spiro atoms. The van der Waals surface area contributed by atoms with E-state index < -0.39 is 0 Å². The molecule has 2 aromatic rings.